The van der Waals surface area contributed by atoms with E-state index in [-0.39, 0.29) is 0 Å². The molecule has 0 heterocycles. The predicted molar refractivity (Wildman–Crippen MR) is 91.4 cm³/mol. The standard InChI is InChI=1S/C20H34O/c1-3-5-6-7-17-8-10-18(11-9-17)19-12-14-20(15-13-19)21-16-4-2/h3-4,17-20H,1-2,5-16H2/t17-,18-,19?,20?. The molecule has 2 aliphatic rings. The Morgan fingerprint density at radius 2 is 1.43 bits per heavy atom. The zero-order valence-electron chi connectivity index (χ0n) is 13.8. The van der Waals surface area contributed by atoms with Crippen LogP contribution in [0.4, 0.5) is 0 Å². The van der Waals surface area contributed by atoms with Crippen molar-refractivity contribution in [2.45, 2.75) is 76.7 Å². The largest absolute Gasteiger partial charge is 0.374 e. The molecule has 0 amide bonds. The molecular formula is C20H34O. The monoisotopic (exact) mass is 290 g/mol. The van der Waals surface area contributed by atoms with Gasteiger partial charge in [0.05, 0.1) is 12.7 Å². The maximum Gasteiger partial charge on any atom is 0.0648 e. The normalized spacial score (nSPS) is 33.5. The third kappa shape index (κ3) is 5.62. The van der Waals surface area contributed by atoms with Crippen LogP contribution in [0.15, 0.2) is 25.3 Å². The van der Waals surface area contributed by atoms with Gasteiger partial charge in [0.1, 0.15) is 0 Å². The van der Waals surface area contributed by atoms with E-state index in [1.807, 2.05) is 6.08 Å². The van der Waals surface area contributed by atoms with Gasteiger partial charge >= 0.3 is 0 Å². The number of hydrogen-bond acceptors (Lipinski definition) is 1. The summed E-state index contributed by atoms with van der Waals surface area (Å²) in [5, 5.41) is 0. The fourth-order valence-corrected chi connectivity index (χ4v) is 4.43. The van der Waals surface area contributed by atoms with E-state index in [0.717, 1.165) is 24.4 Å². The first-order chi connectivity index (χ1) is 10.3. The summed E-state index contributed by atoms with van der Waals surface area (Å²) in [6.07, 6.45) is 19.7. The maximum absolute atomic E-state index is 5.81. The van der Waals surface area contributed by atoms with Crippen molar-refractivity contribution in [3.8, 4) is 0 Å². The van der Waals surface area contributed by atoms with E-state index in [0.29, 0.717) is 6.10 Å². The van der Waals surface area contributed by atoms with Gasteiger partial charge in [-0.3, -0.25) is 0 Å². The number of unbranched alkanes of at least 4 members (excludes halogenated alkanes) is 1. The van der Waals surface area contributed by atoms with Crippen LogP contribution in [0.3, 0.4) is 0 Å². The molecule has 2 aliphatic carbocycles. The molecule has 0 spiro atoms. The van der Waals surface area contributed by atoms with Crippen molar-refractivity contribution in [2.24, 2.45) is 17.8 Å². The summed E-state index contributed by atoms with van der Waals surface area (Å²) in [6, 6.07) is 0. The Morgan fingerprint density at radius 3 is 2.00 bits per heavy atom. The van der Waals surface area contributed by atoms with E-state index in [4.69, 9.17) is 4.74 Å². The maximum atomic E-state index is 5.81. The Hall–Kier alpha value is -0.560. The number of hydrogen-bond donors (Lipinski definition) is 0. The minimum Gasteiger partial charge on any atom is -0.374 e. The molecule has 0 saturated heterocycles. The Balaban J connectivity index is 1.62. The lowest BCUT2D eigenvalue weighted by Crippen LogP contribution is -2.28. The van der Waals surface area contributed by atoms with E-state index in [1.54, 1.807) is 0 Å². The molecule has 0 radical (unpaired) electrons. The van der Waals surface area contributed by atoms with Gasteiger partial charge < -0.3 is 4.74 Å². The van der Waals surface area contributed by atoms with Crippen molar-refractivity contribution in [3.05, 3.63) is 25.3 Å². The highest BCUT2D eigenvalue weighted by Gasteiger charge is 2.30. The first-order valence-electron chi connectivity index (χ1n) is 9.16. The third-order valence-corrected chi connectivity index (χ3v) is 5.75. The summed E-state index contributed by atoms with van der Waals surface area (Å²) in [7, 11) is 0. The van der Waals surface area contributed by atoms with Gasteiger partial charge in [0.25, 0.3) is 0 Å². The van der Waals surface area contributed by atoms with Gasteiger partial charge in [0, 0.05) is 0 Å². The van der Waals surface area contributed by atoms with Crippen molar-refractivity contribution >= 4 is 0 Å². The zero-order valence-corrected chi connectivity index (χ0v) is 13.8. The third-order valence-electron chi connectivity index (χ3n) is 5.75. The Morgan fingerprint density at radius 1 is 0.810 bits per heavy atom. The lowest BCUT2D eigenvalue weighted by molar-refractivity contribution is 0.0211. The summed E-state index contributed by atoms with van der Waals surface area (Å²) in [4.78, 5) is 0. The molecule has 0 unspecified atom stereocenters. The Bertz CT molecular complexity index is 293. The van der Waals surface area contributed by atoms with Gasteiger partial charge in [-0.05, 0) is 69.1 Å². The van der Waals surface area contributed by atoms with Crippen molar-refractivity contribution in [3.63, 3.8) is 0 Å². The smallest absolute Gasteiger partial charge is 0.0648 e. The predicted octanol–water partition coefficient (Wildman–Crippen LogP) is 5.91. The van der Waals surface area contributed by atoms with Crippen molar-refractivity contribution in [1.29, 1.82) is 0 Å². The van der Waals surface area contributed by atoms with Crippen LogP contribution in [-0.2, 0) is 4.74 Å². The summed E-state index contributed by atoms with van der Waals surface area (Å²) in [6.45, 7) is 8.29. The van der Waals surface area contributed by atoms with Crippen LogP contribution in [0.2, 0.25) is 0 Å². The van der Waals surface area contributed by atoms with Crippen molar-refractivity contribution in [1.82, 2.24) is 0 Å². The number of rotatable bonds is 8. The fraction of sp³-hybridized carbons (Fsp3) is 0.800. The van der Waals surface area contributed by atoms with Gasteiger partial charge in [-0.15, -0.1) is 13.2 Å². The van der Waals surface area contributed by atoms with Crippen LogP contribution in [-0.4, -0.2) is 12.7 Å². The van der Waals surface area contributed by atoms with E-state index < -0.39 is 0 Å². The molecule has 0 aromatic heterocycles. The van der Waals surface area contributed by atoms with Crippen LogP contribution in [0.5, 0.6) is 0 Å². The molecule has 1 heteroatoms. The summed E-state index contributed by atoms with van der Waals surface area (Å²) >= 11 is 0. The average Bonchev–Trinajstić information content (AvgIpc) is 2.54. The summed E-state index contributed by atoms with van der Waals surface area (Å²) in [5.74, 6) is 3.01. The van der Waals surface area contributed by atoms with Gasteiger partial charge in [-0.2, -0.15) is 0 Å². The molecule has 2 saturated carbocycles. The minimum absolute atomic E-state index is 0.509. The first-order valence-corrected chi connectivity index (χ1v) is 9.16. The highest BCUT2D eigenvalue weighted by atomic mass is 16.5. The number of allylic oxidation sites excluding steroid dienone is 1. The highest BCUT2D eigenvalue weighted by molar-refractivity contribution is 4.83. The van der Waals surface area contributed by atoms with Gasteiger partial charge in [0.2, 0.25) is 0 Å². The molecule has 0 bridgehead atoms. The number of ether oxygens (including phenoxy) is 1. The molecule has 0 aliphatic heterocycles. The Labute approximate surface area is 131 Å². The summed E-state index contributed by atoms with van der Waals surface area (Å²) < 4.78 is 5.81. The molecule has 1 nitrogen and oxygen atoms in total. The zero-order chi connectivity index (χ0) is 14.9. The van der Waals surface area contributed by atoms with Gasteiger partial charge in [0.15, 0.2) is 0 Å². The second-order valence-corrected chi connectivity index (χ2v) is 7.16. The Kier molecular flexibility index (Phi) is 7.57. The van der Waals surface area contributed by atoms with E-state index in [1.165, 1.54) is 70.6 Å². The first kappa shape index (κ1) is 16.8. The average molecular weight is 290 g/mol. The van der Waals surface area contributed by atoms with Crippen LogP contribution in [0, 0.1) is 17.8 Å². The molecule has 0 aromatic rings. The summed E-state index contributed by atoms with van der Waals surface area (Å²) in [5.41, 5.74) is 0. The molecule has 120 valence electrons. The molecule has 0 N–H and O–H groups in total. The topological polar surface area (TPSA) is 9.23 Å². The van der Waals surface area contributed by atoms with Crippen molar-refractivity contribution < 1.29 is 4.74 Å². The molecular weight excluding hydrogens is 256 g/mol. The highest BCUT2D eigenvalue weighted by Crippen LogP contribution is 2.41. The molecule has 0 aromatic carbocycles. The molecule has 21 heavy (non-hydrogen) atoms. The van der Waals surface area contributed by atoms with Crippen LogP contribution in [0.1, 0.15) is 70.6 Å². The molecule has 0 atom stereocenters. The van der Waals surface area contributed by atoms with E-state index in [9.17, 15) is 0 Å². The minimum atomic E-state index is 0.509. The van der Waals surface area contributed by atoms with Gasteiger partial charge in [-0.25, -0.2) is 0 Å². The lowest BCUT2D eigenvalue weighted by Gasteiger charge is -2.37. The molecule has 2 fully saturated rings. The van der Waals surface area contributed by atoms with Crippen LogP contribution >= 0.6 is 0 Å². The van der Waals surface area contributed by atoms with Crippen molar-refractivity contribution in [2.75, 3.05) is 6.61 Å². The second-order valence-electron chi connectivity index (χ2n) is 7.16. The van der Waals surface area contributed by atoms with E-state index >= 15 is 0 Å². The lowest BCUT2D eigenvalue weighted by atomic mass is 9.70. The van der Waals surface area contributed by atoms with Gasteiger partial charge in [-0.1, -0.05) is 31.4 Å². The molecule has 2 rings (SSSR count). The van der Waals surface area contributed by atoms with E-state index in [2.05, 4.69) is 19.2 Å². The fourth-order valence-electron chi connectivity index (χ4n) is 4.43. The SMILES string of the molecule is C=CCCC[C@H]1CC[C@H](C2CCC(OCC=C)CC2)CC1. The quantitative estimate of drug-likeness (QED) is 0.399. The van der Waals surface area contributed by atoms with Crippen LogP contribution < -0.4 is 0 Å². The van der Waals surface area contributed by atoms with Crippen LogP contribution in [0.25, 0.3) is 0 Å². The second kappa shape index (κ2) is 9.46.